The van der Waals surface area contributed by atoms with Gasteiger partial charge in [0.15, 0.2) is 0 Å². The van der Waals surface area contributed by atoms with Crippen molar-refractivity contribution in [2.24, 2.45) is 0 Å². The molecule has 28 heavy (non-hydrogen) atoms. The van der Waals surface area contributed by atoms with Gasteiger partial charge in [0.25, 0.3) is 5.91 Å². The van der Waals surface area contributed by atoms with Gasteiger partial charge in [-0.2, -0.15) is 5.10 Å². The third-order valence-corrected chi connectivity index (χ3v) is 5.33. The minimum atomic E-state index is -0.0609. The Morgan fingerprint density at radius 3 is 2.25 bits per heavy atom. The number of anilines is 1. The molecule has 0 bridgehead atoms. The molecule has 146 valence electrons. The average Bonchev–Trinajstić information content (AvgIpc) is 3.04. The lowest BCUT2D eigenvalue weighted by Crippen LogP contribution is -2.30. The van der Waals surface area contributed by atoms with E-state index in [1.807, 2.05) is 66.2 Å². The van der Waals surface area contributed by atoms with Crippen molar-refractivity contribution in [1.82, 2.24) is 15.1 Å². The molecule has 0 aliphatic rings. The number of carbonyl (C=O) groups excluding carboxylic acids is 1. The van der Waals surface area contributed by atoms with Crippen LogP contribution in [0.1, 0.15) is 40.3 Å². The van der Waals surface area contributed by atoms with Gasteiger partial charge in [0.2, 0.25) is 0 Å². The molecule has 0 fully saturated rings. The van der Waals surface area contributed by atoms with Crippen LogP contribution in [0.5, 0.6) is 0 Å². The predicted octanol–water partition coefficient (Wildman–Crippen LogP) is 4.59. The molecule has 0 aliphatic carbocycles. The van der Waals surface area contributed by atoms with E-state index in [0.717, 1.165) is 33.8 Å². The van der Waals surface area contributed by atoms with Crippen molar-refractivity contribution in [3.8, 4) is 11.1 Å². The van der Waals surface area contributed by atoms with E-state index < -0.39 is 0 Å². The quantitative estimate of drug-likeness (QED) is 0.708. The zero-order chi connectivity index (χ0) is 20.4. The van der Waals surface area contributed by atoms with Crippen molar-refractivity contribution < 1.29 is 4.79 Å². The fourth-order valence-corrected chi connectivity index (χ4v) is 3.53. The van der Waals surface area contributed by atoms with Crippen LogP contribution in [-0.2, 0) is 0 Å². The van der Waals surface area contributed by atoms with Gasteiger partial charge in [-0.15, -0.1) is 0 Å². The Hall–Kier alpha value is -3.08. The molecular formula is C23H28N4O. The van der Waals surface area contributed by atoms with Crippen LogP contribution in [0.4, 0.5) is 5.69 Å². The highest BCUT2D eigenvalue weighted by molar-refractivity contribution is 5.95. The minimum Gasteiger partial charge on any atom is -0.378 e. The second kappa shape index (κ2) is 7.89. The van der Waals surface area contributed by atoms with Crippen molar-refractivity contribution in [2.75, 3.05) is 26.0 Å². The minimum absolute atomic E-state index is 0.000684. The van der Waals surface area contributed by atoms with Gasteiger partial charge in [-0.05, 0) is 56.2 Å². The van der Waals surface area contributed by atoms with Crippen LogP contribution >= 0.6 is 0 Å². The van der Waals surface area contributed by atoms with E-state index in [9.17, 15) is 4.79 Å². The van der Waals surface area contributed by atoms with E-state index in [-0.39, 0.29) is 11.9 Å². The summed E-state index contributed by atoms with van der Waals surface area (Å²) in [5, 5.41) is 7.26. The molecular weight excluding hydrogens is 348 g/mol. The van der Waals surface area contributed by atoms with Gasteiger partial charge in [-0.3, -0.25) is 9.89 Å². The SMILES string of the molecule is Cc1n[nH]c(C)c1[C@@H](C)N(C)C(=O)c1cccc(-c2ccc(N(C)C)cc2)c1. The molecule has 0 radical (unpaired) electrons. The highest BCUT2D eigenvalue weighted by Crippen LogP contribution is 2.27. The Morgan fingerprint density at radius 2 is 1.68 bits per heavy atom. The number of benzene rings is 2. The maximum absolute atomic E-state index is 13.1. The second-order valence-corrected chi connectivity index (χ2v) is 7.46. The number of nitrogens with one attached hydrogen (secondary N) is 1. The van der Waals surface area contributed by atoms with E-state index in [2.05, 4.69) is 39.4 Å². The molecule has 1 heterocycles. The molecule has 0 unspecified atom stereocenters. The van der Waals surface area contributed by atoms with Crippen molar-refractivity contribution in [2.45, 2.75) is 26.8 Å². The van der Waals surface area contributed by atoms with E-state index >= 15 is 0 Å². The lowest BCUT2D eigenvalue weighted by Gasteiger charge is -2.26. The summed E-state index contributed by atoms with van der Waals surface area (Å²) in [5.41, 5.74) is 6.97. The van der Waals surface area contributed by atoms with Crippen molar-refractivity contribution in [3.63, 3.8) is 0 Å². The largest absolute Gasteiger partial charge is 0.378 e. The summed E-state index contributed by atoms with van der Waals surface area (Å²) in [6.07, 6.45) is 0. The number of aromatic amines is 1. The number of carbonyl (C=O) groups is 1. The molecule has 3 rings (SSSR count). The summed E-state index contributed by atoms with van der Waals surface area (Å²) in [6.45, 7) is 5.99. The van der Waals surface area contributed by atoms with Crippen LogP contribution in [0.25, 0.3) is 11.1 Å². The number of H-pyrrole nitrogens is 1. The Balaban J connectivity index is 1.85. The third-order valence-electron chi connectivity index (χ3n) is 5.33. The van der Waals surface area contributed by atoms with Crippen molar-refractivity contribution >= 4 is 11.6 Å². The van der Waals surface area contributed by atoms with Crippen LogP contribution in [0.15, 0.2) is 48.5 Å². The summed E-state index contributed by atoms with van der Waals surface area (Å²) in [5.74, 6) is -0.000684. The zero-order valence-electron chi connectivity index (χ0n) is 17.4. The normalized spacial score (nSPS) is 11.9. The van der Waals surface area contributed by atoms with Gasteiger partial charge >= 0.3 is 0 Å². The molecule has 0 saturated heterocycles. The third kappa shape index (κ3) is 3.79. The molecule has 0 spiro atoms. The van der Waals surface area contributed by atoms with Crippen LogP contribution in [0.2, 0.25) is 0 Å². The zero-order valence-corrected chi connectivity index (χ0v) is 17.4. The monoisotopic (exact) mass is 376 g/mol. The lowest BCUT2D eigenvalue weighted by atomic mass is 10.0. The second-order valence-electron chi connectivity index (χ2n) is 7.46. The first kappa shape index (κ1) is 19.7. The molecule has 1 aromatic heterocycles. The summed E-state index contributed by atoms with van der Waals surface area (Å²) in [7, 11) is 5.89. The molecule has 0 saturated carbocycles. The maximum Gasteiger partial charge on any atom is 0.254 e. The van der Waals surface area contributed by atoms with E-state index in [1.54, 1.807) is 4.90 Å². The number of rotatable bonds is 5. The highest BCUT2D eigenvalue weighted by atomic mass is 16.2. The van der Waals surface area contributed by atoms with E-state index in [4.69, 9.17) is 0 Å². The van der Waals surface area contributed by atoms with Crippen LogP contribution < -0.4 is 4.90 Å². The number of aromatic nitrogens is 2. The molecule has 3 aromatic rings. The van der Waals surface area contributed by atoms with E-state index in [1.165, 1.54) is 0 Å². The number of nitrogens with zero attached hydrogens (tertiary/aromatic N) is 3. The van der Waals surface area contributed by atoms with Gasteiger partial charge in [-0.1, -0.05) is 24.3 Å². The molecule has 1 amide bonds. The van der Waals surface area contributed by atoms with Crippen LogP contribution in [0.3, 0.4) is 0 Å². The maximum atomic E-state index is 13.1. The van der Waals surface area contributed by atoms with Gasteiger partial charge < -0.3 is 9.80 Å². The Morgan fingerprint density at radius 1 is 1.00 bits per heavy atom. The Labute approximate surface area is 167 Å². The number of hydrogen-bond acceptors (Lipinski definition) is 3. The van der Waals surface area contributed by atoms with Gasteiger partial charge in [-0.25, -0.2) is 0 Å². The number of amides is 1. The van der Waals surface area contributed by atoms with E-state index in [0.29, 0.717) is 5.56 Å². The van der Waals surface area contributed by atoms with Gasteiger partial charge in [0.05, 0.1) is 11.7 Å². The van der Waals surface area contributed by atoms with Crippen LogP contribution in [-0.4, -0.2) is 42.1 Å². The molecule has 0 aliphatic heterocycles. The molecule has 2 aromatic carbocycles. The fourth-order valence-electron chi connectivity index (χ4n) is 3.53. The predicted molar refractivity (Wildman–Crippen MR) is 115 cm³/mol. The summed E-state index contributed by atoms with van der Waals surface area (Å²) in [4.78, 5) is 17.0. The average molecular weight is 377 g/mol. The van der Waals surface area contributed by atoms with Crippen LogP contribution in [0, 0.1) is 13.8 Å². The fraction of sp³-hybridized carbons (Fsp3) is 0.304. The topological polar surface area (TPSA) is 52.2 Å². The summed E-state index contributed by atoms with van der Waals surface area (Å²) >= 11 is 0. The number of aryl methyl sites for hydroxylation is 2. The first-order valence-corrected chi connectivity index (χ1v) is 9.46. The van der Waals surface area contributed by atoms with Crippen molar-refractivity contribution in [3.05, 3.63) is 71.0 Å². The Bertz CT molecular complexity index is 953. The van der Waals surface area contributed by atoms with Gasteiger partial charge in [0.1, 0.15) is 0 Å². The smallest absolute Gasteiger partial charge is 0.254 e. The number of hydrogen-bond donors (Lipinski definition) is 1. The van der Waals surface area contributed by atoms with Crippen molar-refractivity contribution in [1.29, 1.82) is 0 Å². The standard InChI is InChI=1S/C23H28N4O/c1-15-22(16(2)25-24-15)17(3)27(6)23(28)20-9-7-8-19(14-20)18-10-12-21(13-11-18)26(4)5/h7-14,17H,1-6H3,(H,24,25)/t17-/m1/s1. The van der Waals surface area contributed by atoms with Gasteiger partial charge in [0, 0.05) is 43.7 Å². The summed E-state index contributed by atoms with van der Waals surface area (Å²) in [6, 6.07) is 16.1. The molecule has 5 nitrogen and oxygen atoms in total. The Kier molecular flexibility index (Phi) is 5.54. The lowest BCUT2D eigenvalue weighted by molar-refractivity contribution is 0.0742. The highest BCUT2D eigenvalue weighted by Gasteiger charge is 2.23. The first-order chi connectivity index (χ1) is 13.3. The first-order valence-electron chi connectivity index (χ1n) is 9.46. The molecule has 1 N–H and O–H groups in total. The molecule has 5 heteroatoms. The molecule has 1 atom stereocenters. The summed E-state index contributed by atoms with van der Waals surface area (Å²) < 4.78 is 0.